The van der Waals surface area contributed by atoms with Gasteiger partial charge in [-0.05, 0) is 31.7 Å². The third kappa shape index (κ3) is 6.29. The molecule has 0 radical (unpaired) electrons. The van der Waals surface area contributed by atoms with Crippen molar-refractivity contribution in [2.45, 2.75) is 39.0 Å². The summed E-state index contributed by atoms with van der Waals surface area (Å²) in [7, 11) is 0. The van der Waals surface area contributed by atoms with Crippen LogP contribution in [0.25, 0.3) is 0 Å². The second-order valence-electron chi connectivity index (χ2n) is 3.85. The Morgan fingerprint density at radius 2 is 1.67 bits per heavy atom. The van der Waals surface area contributed by atoms with E-state index in [1.165, 1.54) is 37.7 Å². The maximum absolute atomic E-state index is 5.30. The van der Waals surface area contributed by atoms with Gasteiger partial charge in [0.15, 0.2) is 0 Å². The van der Waals surface area contributed by atoms with E-state index in [1.807, 2.05) is 0 Å². The van der Waals surface area contributed by atoms with Crippen molar-refractivity contribution in [1.82, 2.24) is 0 Å². The van der Waals surface area contributed by atoms with Crippen molar-refractivity contribution in [2.75, 3.05) is 13.2 Å². The fourth-order valence-electron chi connectivity index (χ4n) is 1.68. The van der Waals surface area contributed by atoms with Crippen LogP contribution < -0.4 is 0 Å². The van der Waals surface area contributed by atoms with E-state index in [0.717, 1.165) is 13.2 Å². The molecule has 0 N–H and O–H groups in total. The van der Waals surface area contributed by atoms with Gasteiger partial charge in [-0.2, -0.15) is 0 Å². The Morgan fingerprint density at radius 1 is 0.933 bits per heavy atom. The highest BCUT2D eigenvalue weighted by atomic mass is 16.5. The molecule has 0 saturated heterocycles. The van der Waals surface area contributed by atoms with Gasteiger partial charge < -0.3 is 4.74 Å². The van der Waals surface area contributed by atoms with Crippen LogP contribution in [0, 0.1) is 0 Å². The van der Waals surface area contributed by atoms with E-state index in [-0.39, 0.29) is 0 Å². The third-order valence-electron chi connectivity index (χ3n) is 2.55. The molecule has 1 aromatic rings. The molecule has 0 bridgehead atoms. The number of hydrogen-bond acceptors (Lipinski definition) is 1. The topological polar surface area (TPSA) is 9.23 Å². The predicted molar refractivity (Wildman–Crippen MR) is 65.1 cm³/mol. The Kier molecular flexibility index (Phi) is 6.93. The largest absolute Gasteiger partial charge is 0.382 e. The second-order valence-corrected chi connectivity index (χ2v) is 3.85. The lowest BCUT2D eigenvalue weighted by atomic mass is 10.1. The van der Waals surface area contributed by atoms with Gasteiger partial charge in [-0.3, -0.25) is 0 Å². The van der Waals surface area contributed by atoms with Crippen molar-refractivity contribution >= 4 is 0 Å². The number of rotatable bonds is 8. The van der Waals surface area contributed by atoms with Gasteiger partial charge in [0.2, 0.25) is 0 Å². The Hall–Kier alpha value is -0.820. The maximum Gasteiger partial charge on any atom is 0.0465 e. The van der Waals surface area contributed by atoms with Crippen molar-refractivity contribution in [3.8, 4) is 0 Å². The summed E-state index contributed by atoms with van der Waals surface area (Å²) >= 11 is 0. The van der Waals surface area contributed by atoms with Crippen LogP contribution in [0.1, 0.15) is 38.2 Å². The summed E-state index contributed by atoms with van der Waals surface area (Å²) in [6.07, 6.45) is 6.35. The summed E-state index contributed by atoms with van der Waals surface area (Å²) in [6.45, 7) is 3.83. The van der Waals surface area contributed by atoms with E-state index in [2.05, 4.69) is 37.3 Å². The number of unbranched alkanes of at least 4 members (excludes halogenated alkanes) is 3. The monoisotopic (exact) mass is 206 g/mol. The van der Waals surface area contributed by atoms with Gasteiger partial charge in [0, 0.05) is 13.2 Å². The van der Waals surface area contributed by atoms with Crippen LogP contribution in [0.2, 0.25) is 0 Å². The highest BCUT2D eigenvalue weighted by molar-refractivity contribution is 5.14. The van der Waals surface area contributed by atoms with Crippen LogP contribution in [-0.4, -0.2) is 13.2 Å². The average molecular weight is 206 g/mol. The molecular formula is C14H22O. The molecule has 0 aliphatic rings. The zero-order chi connectivity index (χ0) is 10.8. The first-order valence-electron chi connectivity index (χ1n) is 6.05. The molecule has 1 rings (SSSR count). The fourth-order valence-corrected chi connectivity index (χ4v) is 1.68. The van der Waals surface area contributed by atoms with Gasteiger partial charge in [-0.1, -0.05) is 43.2 Å². The number of benzene rings is 1. The van der Waals surface area contributed by atoms with Gasteiger partial charge in [0.25, 0.3) is 0 Å². The van der Waals surface area contributed by atoms with E-state index in [9.17, 15) is 0 Å². The molecule has 1 aromatic carbocycles. The van der Waals surface area contributed by atoms with E-state index in [0.29, 0.717) is 0 Å². The van der Waals surface area contributed by atoms with Crippen LogP contribution in [-0.2, 0) is 11.2 Å². The summed E-state index contributed by atoms with van der Waals surface area (Å²) in [4.78, 5) is 0. The van der Waals surface area contributed by atoms with Crippen LogP contribution in [0.15, 0.2) is 30.3 Å². The van der Waals surface area contributed by atoms with Crippen LogP contribution in [0.5, 0.6) is 0 Å². The fraction of sp³-hybridized carbons (Fsp3) is 0.571. The van der Waals surface area contributed by atoms with Crippen molar-refractivity contribution in [3.05, 3.63) is 35.9 Å². The molecule has 0 aromatic heterocycles. The summed E-state index contributed by atoms with van der Waals surface area (Å²) in [5.41, 5.74) is 1.46. The Labute approximate surface area is 93.5 Å². The van der Waals surface area contributed by atoms with E-state index < -0.39 is 0 Å². The Morgan fingerprint density at radius 3 is 2.40 bits per heavy atom. The lowest BCUT2D eigenvalue weighted by Gasteiger charge is -2.02. The highest BCUT2D eigenvalue weighted by Gasteiger charge is 1.92. The van der Waals surface area contributed by atoms with Gasteiger partial charge in [-0.25, -0.2) is 0 Å². The van der Waals surface area contributed by atoms with Crippen molar-refractivity contribution < 1.29 is 4.74 Å². The van der Waals surface area contributed by atoms with Gasteiger partial charge in [-0.15, -0.1) is 0 Å². The molecule has 0 saturated carbocycles. The zero-order valence-corrected chi connectivity index (χ0v) is 9.74. The first-order valence-corrected chi connectivity index (χ1v) is 6.05. The first-order chi connectivity index (χ1) is 7.43. The molecule has 1 heteroatoms. The molecule has 0 aliphatic heterocycles. The lowest BCUT2D eigenvalue weighted by molar-refractivity contribution is 0.143. The molecule has 84 valence electrons. The van der Waals surface area contributed by atoms with Gasteiger partial charge in [0.05, 0.1) is 0 Å². The normalized spacial score (nSPS) is 10.5. The smallest absolute Gasteiger partial charge is 0.0465 e. The highest BCUT2D eigenvalue weighted by Crippen LogP contribution is 2.07. The molecule has 15 heavy (non-hydrogen) atoms. The van der Waals surface area contributed by atoms with Crippen LogP contribution in [0.3, 0.4) is 0 Å². The van der Waals surface area contributed by atoms with Crippen molar-refractivity contribution in [1.29, 1.82) is 0 Å². The molecule has 0 spiro atoms. The van der Waals surface area contributed by atoms with E-state index >= 15 is 0 Å². The lowest BCUT2D eigenvalue weighted by Crippen LogP contribution is -1.93. The molecule has 0 heterocycles. The number of ether oxygens (including phenoxy) is 1. The molecule has 0 atom stereocenters. The van der Waals surface area contributed by atoms with Crippen LogP contribution in [0.4, 0.5) is 0 Å². The molecule has 1 nitrogen and oxygen atoms in total. The molecular weight excluding hydrogens is 184 g/mol. The van der Waals surface area contributed by atoms with Crippen molar-refractivity contribution in [3.63, 3.8) is 0 Å². The summed E-state index contributed by atoms with van der Waals surface area (Å²) in [6, 6.07) is 10.7. The molecule has 0 amide bonds. The Balaban J connectivity index is 1.93. The van der Waals surface area contributed by atoms with Crippen molar-refractivity contribution in [2.24, 2.45) is 0 Å². The Bertz CT molecular complexity index is 230. The minimum Gasteiger partial charge on any atom is -0.382 e. The number of aryl methyl sites for hydroxylation is 1. The summed E-state index contributed by atoms with van der Waals surface area (Å²) in [5, 5.41) is 0. The summed E-state index contributed by atoms with van der Waals surface area (Å²) < 4.78 is 5.30. The van der Waals surface area contributed by atoms with Gasteiger partial charge in [0.1, 0.15) is 0 Å². The standard InChI is InChI=1S/C14H22O/c1-2-15-13-9-4-3-6-10-14-11-7-5-8-12-14/h5,7-8,11-12H,2-4,6,9-10,13H2,1H3. The van der Waals surface area contributed by atoms with Gasteiger partial charge >= 0.3 is 0 Å². The van der Waals surface area contributed by atoms with E-state index in [4.69, 9.17) is 4.74 Å². The first kappa shape index (κ1) is 12.3. The molecule has 0 aliphatic carbocycles. The summed E-state index contributed by atoms with van der Waals surface area (Å²) in [5.74, 6) is 0. The quantitative estimate of drug-likeness (QED) is 0.587. The number of hydrogen-bond donors (Lipinski definition) is 0. The minimum absolute atomic E-state index is 0.851. The predicted octanol–water partition coefficient (Wildman–Crippen LogP) is 3.83. The third-order valence-corrected chi connectivity index (χ3v) is 2.55. The zero-order valence-electron chi connectivity index (χ0n) is 9.74. The maximum atomic E-state index is 5.30. The van der Waals surface area contributed by atoms with E-state index in [1.54, 1.807) is 0 Å². The molecule has 0 unspecified atom stereocenters. The second kappa shape index (κ2) is 8.49. The molecule has 0 fully saturated rings. The minimum atomic E-state index is 0.851. The SMILES string of the molecule is CCOCCCCCCc1ccccc1. The average Bonchev–Trinajstić information content (AvgIpc) is 2.29. The van der Waals surface area contributed by atoms with Crippen LogP contribution >= 0.6 is 0 Å².